The van der Waals surface area contributed by atoms with E-state index in [0.717, 1.165) is 25.9 Å². The summed E-state index contributed by atoms with van der Waals surface area (Å²) in [4.78, 5) is 22.4. The number of nitrogens with one attached hydrogen (secondary N) is 1. The summed E-state index contributed by atoms with van der Waals surface area (Å²) in [5.41, 5.74) is 3.49. The van der Waals surface area contributed by atoms with Gasteiger partial charge in [-0.25, -0.2) is 17.7 Å². The molecule has 30 heavy (non-hydrogen) atoms. The number of benzene rings is 2. The van der Waals surface area contributed by atoms with Crippen LogP contribution in [-0.4, -0.2) is 36.8 Å². The van der Waals surface area contributed by atoms with Gasteiger partial charge in [0.2, 0.25) is 10.0 Å². The zero-order valence-corrected chi connectivity index (χ0v) is 18.7. The van der Waals surface area contributed by atoms with E-state index in [-0.39, 0.29) is 10.5 Å². The van der Waals surface area contributed by atoms with E-state index in [4.69, 9.17) is 0 Å². The molecule has 6 nitrogen and oxygen atoms in total. The standard InChI is InChI=1S/C22H21N3O3S2/c1-13-5-7-15(8-6-13)18-14(2)29-22-19(18)21(26)23-20(24-22)16-9-11-17(12-10-16)30(27,28)25(3)4/h5-12H,1-4H3,(H,23,24,26). The van der Waals surface area contributed by atoms with Crippen LogP contribution >= 0.6 is 11.3 Å². The van der Waals surface area contributed by atoms with E-state index >= 15 is 0 Å². The van der Waals surface area contributed by atoms with E-state index < -0.39 is 10.0 Å². The summed E-state index contributed by atoms with van der Waals surface area (Å²) in [5, 5.41) is 0.580. The van der Waals surface area contributed by atoms with Crippen molar-refractivity contribution in [1.29, 1.82) is 0 Å². The monoisotopic (exact) mass is 439 g/mol. The van der Waals surface area contributed by atoms with Crippen molar-refractivity contribution in [3.8, 4) is 22.5 Å². The van der Waals surface area contributed by atoms with Gasteiger partial charge in [-0.2, -0.15) is 0 Å². The number of aryl methyl sites for hydroxylation is 2. The third kappa shape index (κ3) is 3.47. The lowest BCUT2D eigenvalue weighted by atomic mass is 10.0. The molecule has 0 aliphatic carbocycles. The van der Waals surface area contributed by atoms with Crippen LogP contribution in [0.15, 0.2) is 58.2 Å². The molecule has 2 aromatic carbocycles. The number of hydrogen-bond acceptors (Lipinski definition) is 5. The molecule has 0 unspecified atom stereocenters. The van der Waals surface area contributed by atoms with Crippen molar-refractivity contribution < 1.29 is 8.42 Å². The van der Waals surface area contributed by atoms with Crippen LogP contribution < -0.4 is 5.56 Å². The van der Waals surface area contributed by atoms with Gasteiger partial charge >= 0.3 is 0 Å². The maximum absolute atomic E-state index is 13.0. The van der Waals surface area contributed by atoms with Crippen LogP contribution in [0, 0.1) is 13.8 Å². The van der Waals surface area contributed by atoms with Crippen LogP contribution in [0.2, 0.25) is 0 Å². The molecular formula is C22H21N3O3S2. The molecule has 4 rings (SSSR count). The SMILES string of the molecule is Cc1ccc(-c2c(C)sc3nc(-c4ccc(S(=O)(=O)N(C)C)cc4)[nH]c(=O)c23)cc1. The average molecular weight is 440 g/mol. The van der Waals surface area contributed by atoms with Gasteiger partial charge in [0.1, 0.15) is 10.7 Å². The highest BCUT2D eigenvalue weighted by Gasteiger charge is 2.19. The molecule has 0 saturated heterocycles. The molecule has 8 heteroatoms. The topological polar surface area (TPSA) is 83.1 Å². The van der Waals surface area contributed by atoms with Crippen molar-refractivity contribution in [2.45, 2.75) is 18.7 Å². The van der Waals surface area contributed by atoms with E-state index in [0.29, 0.717) is 21.6 Å². The van der Waals surface area contributed by atoms with Crippen molar-refractivity contribution >= 4 is 31.6 Å². The van der Waals surface area contributed by atoms with E-state index in [1.165, 1.54) is 37.6 Å². The minimum Gasteiger partial charge on any atom is -0.306 e. The van der Waals surface area contributed by atoms with Gasteiger partial charge < -0.3 is 4.98 Å². The molecule has 0 aliphatic heterocycles. The first kappa shape index (κ1) is 20.5. The highest BCUT2D eigenvalue weighted by Crippen LogP contribution is 2.36. The molecule has 0 amide bonds. The predicted octanol–water partition coefficient (Wildman–Crippen LogP) is 4.19. The van der Waals surface area contributed by atoms with E-state index in [1.807, 2.05) is 38.1 Å². The van der Waals surface area contributed by atoms with Crippen LogP contribution in [0.1, 0.15) is 10.4 Å². The zero-order chi connectivity index (χ0) is 21.6. The average Bonchev–Trinajstić information content (AvgIpc) is 3.05. The van der Waals surface area contributed by atoms with Crippen molar-refractivity contribution in [1.82, 2.24) is 14.3 Å². The lowest BCUT2D eigenvalue weighted by Crippen LogP contribution is -2.22. The zero-order valence-electron chi connectivity index (χ0n) is 17.1. The van der Waals surface area contributed by atoms with E-state index in [1.54, 1.807) is 12.1 Å². The Labute approximate surface area is 178 Å². The number of H-pyrrole nitrogens is 1. The summed E-state index contributed by atoms with van der Waals surface area (Å²) in [6, 6.07) is 14.4. The highest BCUT2D eigenvalue weighted by atomic mass is 32.2. The van der Waals surface area contributed by atoms with Crippen molar-refractivity contribution in [2.75, 3.05) is 14.1 Å². The number of aromatic nitrogens is 2. The Hall–Kier alpha value is -2.81. The number of thiophene rings is 1. The van der Waals surface area contributed by atoms with Gasteiger partial charge in [-0.3, -0.25) is 4.79 Å². The van der Waals surface area contributed by atoms with Crippen molar-refractivity contribution in [3.05, 3.63) is 69.3 Å². The Morgan fingerprint density at radius 1 is 0.933 bits per heavy atom. The lowest BCUT2D eigenvalue weighted by Gasteiger charge is -2.11. The first-order valence-corrected chi connectivity index (χ1v) is 11.6. The summed E-state index contributed by atoms with van der Waals surface area (Å²) < 4.78 is 25.7. The molecular weight excluding hydrogens is 418 g/mol. The largest absolute Gasteiger partial charge is 0.306 e. The Bertz CT molecular complexity index is 1400. The van der Waals surface area contributed by atoms with Crippen LogP contribution in [0.25, 0.3) is 32.7 Å². The number of fused-ring (bicyclic) bond motifs is 1. The van der Waals surface area contributed by atoms with Gasteiger partial charge in [0, 0.05) is 30.1 Å². The summed E-state index contributed by atoms with van der Waals surface area (Å²) in [6.45, 7) is 4.01. The van der Waals surface area contributed by atoms with Crippen LogP contribution in [0.3, 0.4) is 0 Å². The van der Waals surface area contributed by atoms with E-state index in [2.05, 4.69) is 9.97 Å². The minimum atomic E-state index is -3.51. The summed E-state index contributed by atoms with van der Waals surface area (Å²) in [5.74, 6) is 0.415. The Kier molecular flexibility index (Phi) is 5.09. The Morgan fingerprint density at radius 2 is 1.53 bits per heavy atom. The number of sulfonamides is 1. The second-order valence-electron chi connectivity index (χ2n) is 7.31. The molecule has 2 aromatic heterocycles. The second kappa shape index (κ2) is 7.46. The van der Waals surface area contributed by atoms with E-state index in [9.17, 15) is 13.2 Å². The van der Waals surface area contributed by atoms with Gasteiger partial charge in [-0.15, -0.1) is 11.3 Å². The molecule has 0 spiro atoms. The number of rotatable bonds is 4. The van der Waals surface area contributed by atoms with Crippen LogP contribution in [-0.2, 0) is 10.0 Å². The number of nitrogens with zero attached hydrogens (tertiary/aromatic N) is 2. The lowest BCUT2D eigenvalue weighted by molar-refractivity contribution is 0.521. The third-order valence-electron chi connectivity index (χ3n) is 4.98. The molecule has 0 radical (unpaired) electrons. The fourth-order valence-corrected chi connectivity index (χ4v) is 5.27. The molecule has 1 N–H and O–H groups in total. The molecule has 154 valence electrons. The first-order chi connectivity index (χ1) is 14.2. The third-order valence-corrected chi connectivity index (χ3v) is 7.81. The molecule has 0 fully saturated rings. The van der Waals surface area contributed by atoms with Gasteiger partial charge in [-0.05, 0) is 43.7 Å². The fraction of sp³-hybridized carbons (Fsp3) is 0.182. The number of aromatic amines is 1. The molecule has 0 bridgehead atoms. The molecule has 0 aliphatic rings. The number of hydrogen-bond donors (Lipinski definition) is 1. The molecule has 0 saturated carbocycles. The molecule has 0 atom stereocenters. The van der Waals surface area contributed by atoms with Crippen LogP contribution in [0.5, 0.6) is 0 Å². The van der Waals surface area contributed by atoms with Gasteiger partial charge in [0.15, 0.2) is 0 Å². The van der Waals surface area contributed by atoms with Crippen LogP contribution in [0.4, 0.5) is 0 Å². The maximum atomic E-state index is 13.0. The summed E-state index contributed by atoms with van der Waals surface area (Å²) >= 11 is 1.48. The fourth-order valence-electron chi connectivity index (χ4n) is 3.32. The van der Waals surface area contributed by atoms with Gasteiger partial charge in [0.25, 0.3) is 5.56 Å². The van der Waals surface area contributed by atoms with Crippen molar-refractivity contribution in [2.24, 2.45) is 0 Å². The summed E-state index contributed by atoms with van der Waals surface area (Å²) in [7, 11) is -0.538. The quantitative estimate of drug-likeness (QED) is 0.517. The maximum Gasteiger partial charge on any atom is 0.260 e. The van der Waals surface area contributed by atoms with Crippen molar-refractivity contribution in [3.63, 3.8) is 0 Å². The second-order valence-corrected chi connectivity index (χ2v) is 10.7. The molecule has 2 heterocycles. The van der Waals surface area contributed by atoms with Gasteiger partial charge in [0.05, 0.1) is 10.3 Å². The Morgan fingerprint density at radius 3 is 2.13 bits per heavy atom. The molecule has 4 aromatic rings. The minimum absolute atomic E-state index is 0.188. The first-order valence-electron chi connectivity index (χ1n) is 9.32. The summed E-state index contributed by atoms with van der Waals surface area (Å²) in [6.07, 6.45) is 0. The van der Waals surface area contributed by atoms with Gasteiger partial charge in [-0.1, -0.05) is 29.8 Å². The normalized spacial score (nSPS) is 12.0. The smallest absolute Gasteiger partial charge is 0.260 e. The predicted molar refractivity (Wildman–Crippen MR) is 121 cm³/mol. The highest BCUT2D eigenvalue weighted by molar-refractivity contribution is 7.89. The Balaban J connectivity index is 1.82.